The Morgan fingerprint density at radius 1 is 0.809 bits per heavy atom. The van der Waals surface area contributed by atoms with Gasteiger partial charge in [0.05, 0.1) is 18.6 Å². The number of nitrogens with zero attached hydrogens (tertiary/aromatic N) is 2. The van der Waals surface area contributed by atoms with Gasteiger partial charge in [0, 0.05) is 13.1 Å². The zero-order chi connectivity index (χ0) is 34.5. The van der Waals surface area contributed by atoms with Crippen molar-refractivity contribution in [1.82, 2.24) is 14.9 Å². The van der Waals surface area contributed by atoms with E-state index in [-0.39, 0.29) is 11.6 Å². The number of carbonyl (C=O) groups is 2. The van der Waals surface area contributed by atoms with Crippen molar-refractivity contribution in [2.45, 2.75) is 89.9 Å². The Kier molecular flexibility index (Phi) is 10.8. The average Bonchev–Trinajstić information content (AvgIpc) is 3.49. The van der Waals surface area contributed by atoms with E-state index in [1.54, 1.807) is 20.8 Å². The fourth-order valence-electron chi connectivity index (χ4n) is 5.40. The molecule has 8 nitrogen and oxygen atoms in total. The molecule has 0 unspecified atom stereocenters. The van der Waals surface area contributed by atoms with Gasteiger partial charge in [-0.2, -0.15) is 0 Å². The van der Waals surface area contributed by atoms with Crippen LogP contribution in [0.25, 0.3) is 0 Å². The number of amides is 1. The van der Waals surface area contributed by atoms with Crippen molar-refractivity contribution in [2.75, 3.05) is 6.54 Å². The van der Waals surface area contributed by atoms with Gasteiger partial charge in [-0.25, -0.2) is 9.78 Å². The molecule has 9 heteroatoms. The SMILES string of the molecule is CC(=O)O[C@@H](CNC(=O)OC(C)(C)C)[C@@H](O[Si](C)(C)C(C)(C)C)c1cn(C(c2ccccc2)(c2ccccc2)c2ccccc2)cn1. The average molecular weight is 656 g/mol. The van der Waals surface area contributed by atoms with Crippen molar-refractivity contribution >= 4 is 20.4 Å². The minimum atomic E-state index is -2.47. The molecule has 0 aliphatic heterocycles. The van der Waals surface area contributed by atoms with Crippen molar-refractivity contribution in [2.24, 2.45) is 0 Å². The third kappa shape index (κ3) is 8.39. The lowest BCUT2D eigenvalue weighted by Gasteiger charge is -2.41. The van der Waals surface area contributed by atoms with Gasteiger partial charge in [0.1, 0.15) is 23.3 Å². The van der Waals surface area contributed by atoms with Gasteiger partial charge in [0.25, 0.3) is 0 Å². The van der Waals surface area contributed by atoms with Crippen LogP contribution in [0.15, 0.2) is 104 Å². The van der Waals surface area contributed by atoms with Gasteiger partial charge in [-0.1, -0.05) is 112 Å². The summed E-state index contributed by atoms with van der Waals surface area (Å²) in [5.74, 6) is -0.489. The number of alkyl carbamates (subject to hydrolysis) is 1. The summed E-state index contributed by atoms with van der Waals surface area (Å²) in [7, 11) is -2.47. The fourth-order valence-corrected chi connectivity index (χ4v) is 6.66. The highest BCUT2D eigenvalue weighted by atomic mass is 28.4. The van der Waals surface area contributed by atoms with E-state index in [4.69, 9.17) is 18.9 Å². The van der Waals surface area contributed by atoms with Crippen LogP contribution in [0, 0.1) is 0 Å². The minimum Gasteiger partial charge on any atom is -0.458 e. The Morgan fingerprint density at radius 3 is 1.68 bits per heavy atom. The molecule has 0 aliphatic rings. The summed E-state index contributed by atoms with van der Waals surface area (Å²) in [6.07, 6.45) is 1.53. The molecule has 47 heavy (non-hydrogen) atoms. The molecule has 0 fully saturated rings. The Bertz CT molecular complexity index is 1510. The number of ether oxygens (including phenoxy) is 2. The number of hydrogen-bond acceptors (Lipinski definition) is 6. The largest absolute Gasteiger partial charge is 0.458 e. The number of hydrogen-bond donors (Lipinski definition) is 1. The first-order chi connectivity index (χ1) is 22.0. The van der Waals surface area contributed by atoms with Crippen molar-refractivity contribution in [3.05, 3.63) is 126 Å². The Morgan fingerprint density at radius 2 is 1.28 bits per heavy atom. The second-order valence-corrected chi connectivity index (χ2v) is 19.1. The van der Waals surface area contributed by atoms with Gasteiger partial charge in [-0.05, 0) is 55.6 Å². The van der Waals surface area contributed by atoms with Crippen LogP contribution in [0.1, 0.15) is 77.0 Å². The van der Waals surface area contributed by atoms with Crippen LogP contribution < -0.4 is 5.32 Å². The lowest BCUT2D eigenvalue weighted by Crippen LogP contribution is -2.47. The second-order valence-electron chi connectivity index (χ2n) is 14.3. The van der Waals surface area contributed by atoms with Crippen molar-refractivity contribution in [3.63, 3.8) is 0 Å². The molecule has 2 atom stereocenters. The molecule has 1 amide bonds. The maximum Gasteiger partial charge on any atom is 0.407 e. The van der Waals surface area contributed by atoms with E-state index in [1.807, 2.05) is 67.1 Å². The minimum absolute atomic E-state index is 0.0260. The van der Waals surface area contributed by atoms with Gasteiger partial charge < -0.3 is 23.8 Å². The standard InChI is InChI=1S/C38H49N3O5Si/c1-28(42)44-33(25-39-35(43)45-36(2,3)4)34(46-47(8,9)37(5,6)7)32-26-41(27-40-32)38(29-19-13-10-14-20-29,30-21-15-11-16-22-30)31-23-17-12-18-24-31/h10-24,26-27,33-34H,25H2,1-9H3,(H,39,43)/t33-,34-/m0/s1. The molecule has 3 aromatic carbocycles. The smallest absolute Gasteiger partial charge is 0.407 e. The van der Waals surface area contributed by atoms with Crippen LogP contribution >= 0.6 is 0 Å². The summed E-state index contributed by atoms with van der Waals surface area (Å²) in [5.41, 5.74) is 2.25. The van der Waals surface area contributed by atoms with Crippen LogP contribution in [0.5, 0.6) is 0 Å². The van der Waals surface area contributed by atoms with E-state index in [1.165, 1.54) is 6.92 Å². The maximum atomic E-state index is 12.7. The highest BCUT2D eigenvalue weighted by Crippen LogP contribution is 2.43. The van der Waals surface area contributed by atoms with Crippen LogP contribution in [0.2, 0.25) is 18.1 Å². The molecule has 0 saturated heterocycles. The van der Waals surface area contributed by atoms with Crippen LogP contribution in [-0.4, -0.2) is 48.2 Å². The number of imidazole rings is 1. The summed E-state index contributed by atoms with van der Waals surface area (Å²) in [4.78, 5) is 30.2. The fraction of sp³-hybridized carbons (Fsp3) is 0.395. The molecule has 0 radical (unpaired) electrons. The first kappa shape index (κ1) is 35.6. The normalized spacial score (nSPS) is 13.8. The summed E-state index contributed by atoms with van der Waals surface area (Å²) in [5, 5.41) is 2.64. The maximum absolute atomic E-state index is 12.7. The van der Waals surface area contributed by atoms with Crippen molar-refractivity contribution in [1.29, 1.82) is 0 Å². The lowest BCUT2D eigenvalue weighted by atomic mass is 9.77. The molecule has 0 aliphatic carbocycles. The molecule has 4 aromatic rings. The Hall–Kier alpha value is -4.21. The monoisotopic (exact) mass is 655 g/mol. The summed E-state index contributed by atoms with van der Waals surface area (Å²) in [6.45, 7) is 17.5. The predicted molar refractivity (Wildman–Crippen MR) is 188 cm³/mol. The third-order valence-corrected chi connectivity index (χ3v) is 13.0. The Labute approximate surface area is 280 Å². The van der Waals surface area contributed by atoms with E-state index >= 15 is 0 Å². The van der Waals surface area contributed by atoms with E-state index in [0.717, 1.165) is 16.7 Å². The molecule has 0 saturated carbocycles. The van der Waals surface area contributed by atoms with E-state index < -0.39 is 43.7 Å². The number of rotatable bonds is 11. The Balaban J connectivity index is 1.91. The highest BCUT2D eigenvalue weighted by molar-refractivity contribution is 6.74. The van der Waals surface area contributed by atoms with Gasteiger partial charge in [-0.3, -0.25) is 4.79 Å². The number of carbonyl (C=O) groups excluding carboxylic acids is 2. The summed E-state index contributed by atoms with van der Waals surface area (Å²) in [6, 6.07) is 31.0. The lowest BCUT2D eigenvalue weighted by molar-refractivity contribution is -0.151. The predicted octanol–water partition coefficient (Wildman–Crippen LogP) is 8.24. The van der Waals surface area contributed by atoms with E-state index in [2.05, 4.69) is 80.1 Å². The first-order valence-electron chi connectivity index (χ1n) is 16.1. The molecule has 250 valence electrons. The third-order valence-electron chi connectivity index (χ3n) is 8.59. The molecule has 1 heterocycles. The highest BCUT2D eigenvalue weighted by Gasteiger charge is 2.44. The van der Waals surface area contributed by atoms with Crippen molar-refractivity contribution in [3.8, 4) is 0 Å². The molecule has 0 bridgehead atoms. The molecular formula is C38H49N3O5Si. The van der Waals surface area contributed by atoms with Crippen LogP contribution in [-0.2, 0) is 24.2 Å². The summed E-state index contributed by atoms with van der Waals surface area (Å²) >= 11 is 0. The summed E-state index contributed by atoms with van der Waals surface area (Å²) < 4.78 is 20.5. The number of benzene rings is 3. The van der Waals surface area contributed by atoms with Gasteiger partial charge in [-0.15, -0.1) is 0 Å². The number of nitrogens with one attached hydrogen (secondary N) is 1. The zero-order valence-corrected chi connectivity index (χ0v) is 30.1. The molecular weight excluding hydrogens is 607 g/mol. The van der Waals surface area contributed by atoms with E-state index in [9.17, 15) is 9.59 Å². The quantitative estimate of drug-likeness (QED) is 0.0994. The van der Waals surface area contributed by atoms with Crippen molar-refractivity contribution < 1.29 is 23.5 Å². The van der Waals surface area contributed by atoms with Gasteiger partial charge in [0.2, 0.25) is 0 Å². The number of aromatic nitrogens is 2. The van der Waals surface area contributed by atoms with Crippen LogP contribution in [0.4, 0.5) is 4.79 Å². The first-order valence-corrected chi connectivity index (χ1v) is 19.0. The second kappa shape index (κ2) is 14.3. The molecule has 1 aromatic heterocycles. The van der Waals surface area contributed by atoms with Gasteiger partial charge in [0.15, 0.2) is 8.32 Å². The molecule has 4 rings (SSSR count). The van der Waals surface area contributed by atoms with Crippen LogP contribution in [0.3, 0.4) is 0 Å². The topological polar surface area (TPSA) is 91.7 Å². The number of esters is 1. The zero-order valence-electron chi connectivity index (χ0n) is 29.1. The van der Waals surface area contributed by atoms with E-state index in [0.29, 0.717) is 5.69 Å². The van der Waals surface area contributed by atoms with Gasteiger partial charge >= 0.3 is 12.1 Å². The molecule has 0 spiro atoms. The molecule has 1 N–H and O–H groups in total.